The Balaban J connectivity index is 2.30. The number of carboxylic acid groups (broad SMARTS) is 1. The molecule has 0 aliphatic carbocycles. The van der Waals surface area contributed by atoms with Crippen LogP contribution in [-0.2, 0) is 0 Å². The number of hydrogen-bond donors (Lipinski definition) is 2. The van der Waals surface area contributed by atoms with Gasteiger partial charge in [0.15, 0.2) is 0 Å². The van der Waals surface area contributed by atoms with Gasteiger partial charge < -0.3 is 15.2 Å². The van der Waals surface area contributed by atoms with Crippen molar-refractivity contribution in [2.75, 3.05) is 12.4 Å². The van der Waals surface area contributed by atoms with E-state index in [0.29, 0.717) is 11.4 Å². The number of thiazole rings is 1. The van der Waals surface area contributed by atoms with Crippen molar-refractivity contribution in [3.63, 3.8) is 0 Å². The third kappa shape index (κ3) is 2.89. The zero-order chi connectivity index (χ0) is 13.8. The Hall–Kier alpha value is -2.41. The Labute approximate surface area is 112 Å². The molecule has 6 nitrogen and oxygen atoms in total. The molecule has 19 heavy (non-hydrogen) atoms. The van der Waals surface area contributed by atoms with Gasteiger partial charge in [-0.25, -0.2) is 9.78 Å². The first-order valence-corrected chi connectivity index (χ1v) is 6.17. The van der Waals surface area contributed by atoms with E-state index in [-0.39, 0.29) is 11.3 Å². The molecule has 0 aliphatic heterocycles. The number of carbonyl (C=O) groups is 2. The van der Waals surface area contributed by atoms with Gasteiger partial charge in [0, 0.05) is 5.38 Å². The number of hydrogen-bond acceptors (Lipinski definition) is 5. The van der Waals surface area contributed by atoms with Gasteiger partial charge in [0.05, 0.1) is 23.9 Å². The molecule has 1 amide bonds. The number of aromatic nitrogens is 1. The normalized spacial score (nSPS) is 9.95. The zero-order valence-electron chi connectivity index (χ0n) is 9.91. The maximum atomic E-state index is 11.9. The summed E-state index contributed by atoms with van der Waals surface area (Å²) in [6.45, 7) is 0. The quantitative estimate of drug-likeness (QED) is 0.894. The second-order valence-corrected chi connectivity index (χ2v) is 4.27. The number of nitrogens with zero attached hydrogens (tertiary/aromatic N) is 1. The lowest BCUT2D eigenvalue weighted by atomic mass is 10.2. The second-order valence-electron chi connectivity index (χ2n) is 3.55. The fourth-order valence-corrected chi connectivity index (χ4v) is 1.98. The first-order valence-electron chi connectivity index (χ1n) is 5.22. The monoisotopic (exact) mass is 278 g/mol. The van der Waals surface area contributed by atoms with Crippen molar-refractivity contribution in [1.82, 2.24) is 4.98 Å². The van der Waals surface area contributed by atoms with Crippen LogP contribution in [0, 0.1) is 0 Å². The Morgan fingerprint density at radius 2 is 2.21 bits per heavy atom. The smallest absolute Gasteiger partial charge is 0.335 e. The predicted octanol–water partition coefficient (Wildman–Crippen LogP) is 2.10. The Bertz CT molecular complexity index is 610. The van der Waals surface area contributed by atoms with E-state index in [1.807, 2.05) is 0 Å². The maximum absolute atomic E-state index is 11.9. The second kappa shape index (κ2) is 5.49. The van der Waals surface area contributed by atoms with Crippen molar-refractivity contribution >= 4 is 28.9 Å². The molecule has 0 atom stereocenters. The van der Waals surface area contributed by atoms with Gasteiger partial charge >= 0.3 is 5.97 Å². The minimum atomic E-state index is -1.08. The molecule has 0 spiro atoms. The Morgan fingerprint density at radius 1 is 1.42 bits per heavy atom. The van der Waals surface area contributed by atoms with E-state index in [0.717, 1.165) is 0 Å². The van der Waals surface area contributed by atoms with Gasteiger partial charge in [0.1, 0.15) is 11.4 Å². The number of ether oxygens (including phenoxy) is 1. The van der Waals surface area contributed by atoms with E-state index < -0.39 is 11.9 Å². The molecule has 0 fully saturated rings. The summed E-state index contributed by atoms with van der Waals surface area (Å²) < 4.78 is 5.07. The van der Waals surface area contributed by atoms with E-state index >= 15 is 0 Å². The van der Waals surface area contributed by atoms with Crippen molar-refractivity contribution < 1.29 is 19.4 Å². The Morgan fingerprint density at radius 3 is 2.79 bits per heavy atom. The summed E-state index contributed by atoms with van der Waals surface area (Å²) in [6, 6.07) is 4.23. The molecule has 7 heteroatoms. The molecular formula is C12H10N2O4S. The summed E-state index contributed by atoms with van der Waals surface area (Å²) in [5.41, 5.74) is 2.17. The van der Waals surface area contributed by atoms with Crippen molar-refractivity contribution in [3.8, 4) is 5.75 Å². The van der Waals surface area contributed by atoms with E-state index in [4.69, 9.17) is 9.84 Å². The molecule has 0 saturated heterocycles. The summed E-state index contributed by atoms with van der Waals surface area (Å²) in [5.74, 6) is -1.11. The molecule has 1 aromatic carbocycles. The minimum absolute atomic E-state index is 0.0642. The molecule has 0 unspecified atom stereocenters. The van der Waals surface area contributed by atoms with Gasteiger partial charge in [-0.3, -0.25) is 4.79 Å². The molecule has 0 saturated carbocycles. The number of amides is 1. The fraction of sp³-hybridized carbons (Fsp3) is 0.0833. The van der Waals surface area contributed by atoms with Crippen LogP contribution < -0.4 is 10.1 Å². The highest BCUT2D eigenvalue weighted by molar-refractivity contribution is 7.07. The molecule has 2 N–H and O–H groups in total. The molecule has 1 heterocycles. The summed E-state index contributed by atoms with van der Waals surface area (Å²) in [4.78, 5) is 26.6. The van der Waals surface area contributed by atoms with E-state index in [9.17, 15) is 9.59 Å². The summed E-state index contributed by atoms with van der Waals surface area (Å²) in [6.07, 6.45) is 0. The van der Waals surface area contributed by atoms with Crippen molar-refractivity contribution in [2.45, 2.75) is 0 Å². The largest absolute Gasteiger partial charge is 0.495 e. The first-order chi connectivity index (χ1) is 9.11. The zero-order valence-corrected chi connectivity index (χ0v) is 10.7. The van der Waals surface area contributed by atoms with Gasteiger partial charge in [-0.15, -0.1) is 11.3 Å². The van der Waals surface area contributed by atoms with Crippen molar-refractivity contribution in [3.05, 3.63) is 40.3 Å². The molecular weight excluding hydrogens is 268 g/mol. The van der Waals surface area contributed by atoms with Crippen LogP contribution in [0.5, 0.6) is 5.75 Å². The van der Waals surface area contributed by atoms with Crippen LogP contribution in [0.25, 0.3) is 0 Å². The number of nitrogens with one attached hydrogen (secondary N) is 1. The van der Waals surface area contributed by atoms with Crippen LogP contribution in [0.15, 0.2) is 29.1 Å². The fourth-order valence-electron chi connectivity index (χ4n) is 1.45. The first kappa shape index (κ1) is 13.0. The molecule has 0 aliphatic rings. The molecule has 0 bridgehead atoms. The topological polar surface area (TPSA) is 88.5 Å². The van der Waals surface area contributed by atoms with E-state index in [1.165, 1.54) is 36.6 Å². The van der Waals surface area contributed by atoms with Gasteiger partial charge in [-0.05, 0) is 18.2 Å². The van der Waals surface area contributed by atoms with Crippen LogP contribution in [0.4, 0.5) is 5.69 Å². The van der Waals surface area contributed by atoms with Gasteiger partial charge in [0.25, 0.3) is 5.91 Å². The van der Waals surface area contributed by atoms with Gasteiger partial charge in [0.2, 0.25) is 0 Å². The molecule has 98 valence electrons. The molecule has 2 rings (SSSR count). The lowest BCUT2D eigenvalue weighted by Crippen LogP contribution is -2.13. The SMILES string of the molecule is COc1ccc(C(=O)O)cc1NC(=O)c1cscn1. The maximum Gasteiger partial charge on any atom is 0.335 e. The van der Waals surface area contributed by atoms with Crippen LogP contribution in [-0.4, -0.2) is 29.1 Å². The number of carbonyl (C=O) groups excluding carboxylic acids is 1. The molecule has 1 aromatic heterocycles. The highest BCUT2D eigenvalue weighted by Crippen LogP contribution is 2.26. The lowest BCUT2D eigenvalue weighted by Gasteiger charge is -2.10. The third-order valence-electron chi connectivity index (χ3n) is 2.36. The minimum Gasteiger partial charge on any atom is -0.495 e. The van der Waals surface area contributed by atoms with Crippen LogP contribution in [0.3, 0.4) is 0 Å². The standard InChI is InChI=1S/C12H10N2O4S/c1-18-10-3-2-7(12(16)17)4-8(10)14-11(15)9-5-19-6-13-9/h2-6H,1H3,(H,14,15)(H,16,17). The van der Waals surface area contributed by atoms with E-state index in [2.05, 4.69) is 10.3 Å². The van der Waals surface area contributed by atoms with Crippen LogP contribution in [0.2, 0.25) is 0 Å². The average molecular weight is 278 g/mol. The van der Waals surface area contributed by atoms with Gasteiger partial charge in [-0.1, -0.05) is 0 Å². The number of carboxylic acids is 1. The predicted molar refractivity (Wildman–Crippen MR) is 70.0 cm³/mol. The van der Waals surface area contributed by atoms with Crippen molar-refractivity contribution in [1.29, 1.82) is 0 Å². The highest BCUT2D eigenvalue weighted by atomic mass is 32.1. The average Bonchev–Trinajstić information content (AvgIpc) is 2.92. The summed E-state index contributed by atoms with van der Waals surface area (Å²) in [5, 5.41) is 13.1. The van der Waals surface area contributed by atoms with Crippen LogP contribution in [0.1, 0.15) is 20.8 Å². The number of anilines is 1. The number of methoxy groups -OCH3 is 1. The summed E-state index contributed by atoms with van der Waals surface area (Å²) in [7, 11) is 1.44. The van der Waals surface area contributed by atoms with Crippen LogP contribution >= 0.6 is 11.3 Å². The number of benzene rings is 1. The number of aromatic carboxylic acids is 1. The van der Waals surface area contributed by atoms with E-state index in [1.54, 1.807) is 10.9 Å². The third-order valence-corrected chi connectivity index (χ3v) is 2.95. The summed E-state index contributed by atoms with van der Waals surface area (Å²) >= 11 is 1.30. The lowest BCUT2D eigenvalue weighted by molar-refractivity contribution is 0.0696. The molecule has 0 radical (unpaired) electrons. The number of rotatable bonds is 4. The van der Waals surface area contributed by atoms with Crippen molar-refractivity contribution in [2.24, 2.45) is 0 Å². The van der Waals surface area contributed by atoms with Gasteiger partial charge in [-0.2, -0.15) is 0 Å². The Kier molecular flexibility index (Phi) is 3.76. The highest BCUT2D eigenvalue weighted by Gasteiger charge is 2.13. The molecule has 2 aromatic rings.